The molecule has 0 aliphatic carbocycles. The van der Waals surface area contributed by atoms with Crippen LogP contribution >= 0.6 is 11.3 Å². The average Bonchev–Trinajstić information content (AvgIpc) is 2.49. The Labute approximate surface area is 74.8 Å². The van der Waals surface area contributed by atoms with E-state index in [0.29, 0.717) is 6.54 Å². The maximum atomic E-state index is 5.79. The summed E-state index contributed by atoms with van der Waals surface area (Å²) in [5.74, 6) is 0. The van der Waals surface area contributed by atoms with Crippen molar-refractivity contribution in [1.82, 2.24) is 0 Å². The molecule has 0 unspecified atom stereocenters. The first-order valence-corrected chi connectivity index (χ1v) is 4.65. The molecule has 2 nitrogen and oxygen atoms in total. The zero-order chi connectivity index (χ0) is 8.55. The Hall–Kier alpha value is -1.06. The summed E-state index contributed by atoms with van der Waals surface area (Å²) < 4.78 is 1.15. The molecule has 1 heterocycles. The van der Waals surface area contributed by atoms with Crippen LogP contribution in [0.25, 0.3) is 10.1 Å². The fourth-order valence-corrected chi connectivity index (χ4v) is 2.30. The third kappa shape index (κ3) is 0.983. The van der Waals surface area contributed by atoms with Crippen molar-refractivity contribution in [2.75, 3.05) is 5.73 Å². The monoisotopic (exact) mass is 178 g/mol. The number of hydrogen-bond acceptors (Lipinski definition) is 3. The molecule has 1 aromatic heterocycles. The summed E-state index contributed by atoms with van der Waals surface area (Å²) in [6, 6.07) is 5.94. The van der Waals surface area contributed by atoms with Crippen molar-refractivity contribution >= 4 is 27.1 Å². The number of nitrogen functional groups attached to an aromatic ring is 1. The van der Waals surface area contributed by atoms with Gasteiger partial charge in [-0.2, -0.15) is 0 Å². The van der Waals surface area contributed by atoms with E-state index in [1.54, 1.807) is 11.3 Å². The van der Waals surface area contributed by atoms with Crippen LogP contribution in [0, 0.1) is 0 Å². The van der Waals surface area contributed by atoms with Crippen molar-refractivity contribution in [1.29, 1.82) is 0 Å². The van der Waals surface area contributed by atoms with Crippen LogP contribution in [0.1, 0.15) is 5.56 Å². The molecular formula is C9H10N2S. The third-order valence-electron chi connectivity index (χ3n) is 1.93. The predicted molar refractivity (Wildman–Crippen MR) is 54.1 cm³/mol. The van der Waals surface area contributed by atoms with E-state index in [2.05, 4.69) is 11.4 Å². The van der Waals surface area contributed by atoms with Crippen molar-refractivity contribution < 1.29 is 0 Å². The first-order valence-electron chi connectivity index (χ1n) is 3.77. The topological polar surface area (TPSA) is 52.0 Å². The van der Waals surface area contributed by atoms with E-state index in [4.69, 9.17) is 11.5 Å². The summed E-state index contributed by atoms with van der Waals surface area (Å²) in [6.45, 7) is 0.587. The molecule has 0 amide bonds. The number of anilines is 1. The molecule has 0 saturated heterocycles. The van der Waals surface area contributed by atoms with Crippen LogP contribution in [0.15, 0.2) is 23.6 Å². The summed E-state index contributed by atoms with van der Waals surface area (Å²) in [6.07, 6.45) is 0. The van der Waals surface area contributed by atoms with Gasteiger partial charge in [-0.15, -0.1) is 11.3 Å². The quantitative estimate of drug-likeness (QED) is 0.656. The van der Waals surface area contributed by atoms with E-state index < -0.39 is 0 Å². The molecule has 2 aromatic rings. The minimum atomic E-state index is 0.587. The van der Waals surface area contributed by atoms with Gasteiger partial charge in [0.25, 0.3) is 0 Å². The first-order chi connectivity index (χ1) is 5.83. The molecule has 12 heavy (non-hydrogen) atoms. The first kappa shape index (κ1) is 7.58. The van der Waals surface area contributed by atoms with E-state index in [1.807, 2.05) is 12.1 Å². The van der Waals surface area contributed by atoms with Crippen molar-refractivity contribution in [2.45, 2.75) is 6.54 Å². The molecular weight excluding hydrogens is 168 g/mol. The fourth-order valence-electron chi connectivity index (χ4n) is 1.29. The number of benzene rings is 1. The Bertz CT molecular complexity index is 406. The lowest BCUT2D eigenvalue weighted by atomic mass is 10.1. The second-order valence-electron chi connectivity index (χ2n) is 2.69. The normalized spacial score (nSPS) is 10.8. The van der Waals surface area contributed by atoms with E-state index in [1.165, 1.54) is 10.9 Å². The molecule has 0 bridgehead atoms. The Kier molecular flexibility index (Phi) is 1.75. The van der Waals surface area contributed by atoms with Crippen molar-refractivity contribution in [2.24, 2.45) is 5.73 Å². The summed E-state index contributed by atoms with van der Waals surface area (Å²) in [5.41, 5.74) is 13.4. The van der Waals surface area contributed by atoms with Crippen LogP contribution in [0.4, 0.5) is 5.69 Å². The fraction of sp³-hybridized carbons (Fsp3) is 0.111. The molecule has 1 aromatic carbocycles. The second kappa shape index (κ2) is 2.77. The zero-order valence-electron chi connectivity index (χ0n) is 6.58. The highest BCUT2D eigenvalue weighted by Gasteiger charge is 2.03. The number of nitrogens with two attached hydrogens (primary N) is 2. The minimum absolute atomic E-state index is 0.587. The number of hydrogen-bond donors (Lipinski definition) is 2. The average molecular weight is 178 g/mol. The summed E-state index contributed by atoms with van der Waals surface area (Å²) in [4.78, 5) is 0. The van der Waals surface area contributed by atoms with Crippen LogP contribution in [-0.4, -0.2) is 0 Å². The maximum absolute atomic E-state index is 5.79. The van der Waals surface area contributed by atoms with E-state index in [-0.39, 0.29) is 0 Å². The van der Waals surface area contributed by atoms with Gasteiger partial charge in [-0.1, -0.05) is 12.1 Å². The standard InChI is InChI=1S/C9H10N2S/c10-4-6-5-12-9-7(6)2-1-3-8(9)11/h1-3,5H,4,10-11H2. The second-order valence-corrected chi connectivity index (χ2v) is 3.57. The Morgan fingerprint density at radius 3 is 2.92 bits per heavy atom. The molecule has 2 rings (SSSR count). The van der Waals surface area contributed by atoms with Crippen molar-refractivity contribution in [3.05, 3.63) is 29.1 Å². The number of fused-ring (bicyclic) bond motifs is 1. The van der Waals surface area contributed by atoms with Gasteiger partial charge < -0.3 is 11.5 Å². The van der Waals surface area contributed by atoms with Gasteiger partial charge in [0.15, 0.2) is 0 Å². The molecule has 0 saturated carbocycles. The largest absolute Gasteiger partial charge is 0.398 e. The molecule has 0 spiro atoms. The maximum Gasteiger partial charge on any atom is 0.0575 e. The summed E-state index contributed by atoms with van der Waals surface area (Å²) in [5, 5.41) is 3.27. The van der Waals surface area contributed by atoms with Gasteiger partial charge in [0.1, 0.15) is 0 Å². The molecule has 0 aliphatic rings. The zero-order valence-corrected chi connectivity index (χ0v) is 7.40. The minimum Gasteiger partial charge on any atom is -0.398 e. The molecule has 4 N–H and O–H groups in total. The third-order valence-corrected chi connectivity index (χ3v) is 3.02. The lowest BCUT2D eigenvalue weighted by Crippen LogP contribution is -1.94. The van der Waals surface area contributed by atoms with Crippen LogP contribution in [-0.2, 0) is 6.54 Å². The molecule has 0 aliphatic heterocycles. The smallest absolute Gasteiger partial charge is 0.0575 e. The Balaban J connectivity index is 2.80. The van der Waals surface area contributed by atoms with Crippen molar-refractivity contribution in [3.8, 4) is 0 Å². The van der Waals surface area contributed by atoms with Crippen molar-refractivity contribution in [3.63, 3.8) is 0 Å². The van der Waals surface area contributed by atoms with Crippen LogP contribution in [0.3, 0.4) is 0 Å². The SMILES string of the molecule is NCc1csc2c(N)cccc12. The van der Waals surface area contributed by atoms with E-state index in [0.717, 1.165) is 10.4 Å². The van der Waals surface area contributed by atoms with Gasteiger partial charge in [-0.25, -0.2) is 0 Å². The van der Waals surface area contributed by atoms with E-state index in [9.17, 15) is 0 Å². The van der Waals surface area contributed by atoms with Gasteiger partial charge in [-0.3, -0.25) is 0 Å². The molecule has 0 radical (unpaired) electrons. The Morgan fingerprint density at radius 1 is 1.33 bits per heavy atom. The van der Waals surface area contributed by atoms with Crippen LogP contribution in [0.5, 0.6) is 0 Å². The number of rotatable bonds is 1. The van der Waals surface area contributed by atoms with Crippen LogP contribution in [0.2, 0.25) is 0 Å². The lowest BCUT2D eigenvalue weighted by Gasteiger charge is -1.95. The highest BCUT2D eigenvalue weighted by molar-refractivity contribution is 7.18. The Morgan fingerprint density at radius 2 is 2.17 bits per heavy atom. The van der Waals surface area contributed by atoms with Gasteiger partial charge in [-0.05, 0) is 22.4 Å². The van der Waals surface area contributed by atoms with Gasteiger partial charge in [0.05, 0.1) is 4.70 Å². The molecule has 3 heteroatoms. The van der Waals surface area contributed by atoms with Crippen LogP contribution < -0.4 is 11.5 Å². The molecule has 0 atom stereocenters. The molecule has 0 fully saturated rings. The van der Waals surface area contributed by atoms with Gasteiger partial charge in [0.2, 0.25) is 0 Å². The summed E-state index contributed by atoms with van der Waals surface area (Å²) >= 11 is 1.66. The highest BCUT2D eigenvalue weighted by atomic mass is 32.1. The number of thiophene rings is 1. The lowest BCUT2D eigenvalue weighted by molar-refractivity contribution is 1.09. The van der Waals surface area contributed by atoms with Gasteiger partial charge >= 0.3 is 0 Å². The predicted octanol–water partition coefficient (Wildman–Crippen LogP) is 1.94. The summed E-state index contributed by atoms with van der Waals surface area (Å²) in [7, 11) is 0. The molecule has 62 valence electrons. The van der Waals surface area contributed by atoms with E-state index >= 15 is 0 Å². The van der Waals surface area contributed by atoms with Gasteiger partial charge in [0, 0.05) is 12.2 Å². The highest BCUT2D eigenvalue weighted by Crippen LogP contribution is 2.29.